The standard InChI is InChI=1S/C25H29N3O/c26-24(29)23-13-9-19(8-10-21-7-3-6-16-27-21)17-20(23)18-25(28-22-11-12-22)14-4-1-2-5-15-25/h3,6-7,9,13,16-17,22,28H,1-2,4-5,11-12,14-15,18H2,(H2,26,29). The van der Waals surface area contributed by atoms with Crippen LogP contribution in [0.1, 0.15) is 78.5 Å². The van der Waals surface area contributed by atoms with Crippen LogP contribution < -0.4 is 11.1 Å². The Hall–Kier alpha value is -2.64. The highest BCUT2D eigenvalue weighted by atomic mass is 16.1. The van der Waals surface area contributed by atoms with E-state index in [4.69, 9.17) is 5.73 Å². The van der Waals surface area contributed by atoms with Crippen molar-refractivity contribution in [2.24, 2.45) is 5.73 Å². The van der Waals surface area contributed by atoms with Gasteiger partial charge in [-0.25, -0.2) is 4.98 Å². The van der Waals surface area contributed by atoms with Crippen LogP contribution in [0.3, 0.4) is 0 Å². The second-order valence-corrected chi connectivity index (χ2v) is 8.49. The van der Waals surface area contributed by atoms with Gasteiger partial charge in [0, 0.05) is 28.9 Å². The predicted octanol–water partition coefficient (Wildman–Crippen LogP) is 3.97. The van der Waals surface area contributed by atoms with E-state index >= 15 is 0 Å². The first-order valence-corrected chi connectivity index (χ1v) is 10.8. The first kappa shape index (κ1) is 19.7. The summed E-state index contributed by atoms with van der Waals surface area (Å²) in [6.45, 7) is 0. The number of primary amides is 1. The predicted molar refractivity (Wildman–Crippen MR) is 115 cm³/mol. The van der Waals surface area contributed by atoms with Gasteiger partial charge < -0.3 is 11.1 Å². The zero-order valence-electron chi connectivity index (χ0n) is 16.9. The molecule has 1 heterocycles. The summed E-state index contributed by atoms with van der Waals surface area (Å²) in [5.41, 5.74) is 9.05. The van der Waals surface area contributed by atoms with Gasteiger partial charge in [-0.2, -0.15) is 0 Å². The smallest absolute Gasteiger partial charge is 0.248 e. The van der Waals surface area contributed by atoms with Crippen LogP contribution in [0.25, 0.3) is 0 Å². The maximum Gasteiger partial charge on any atom is 0.248 e. The summed E-state index contributed by atoms with van der Waals surface area (Å²) < 4.78 is 0. The molecule has 4 rings (SSSR count). The fourth-order valence-corrected chi connectivity index (χ4v) is 4.43. The fourth-order valence-electron chi connectivity index (χ4n) is 4.43. The van der Waals surface area contributed by atoms with Crippen LogP contribution in [-0.2, 0) is 6.42 Å². The molecule has 0 atom stereocenters. The Kier molecular flexibility index (Phi) is 5.97. The molecule has 1 aromatic heterocycles. The monoisotopic (exact) mass is 387 g/mol. The number of carbonyl (C=O) groups excluding carboxylic acids is 1. The number of hydrogen-bond acceptors (Lipinski definition) is 3. The highest BCUT2D eigenvalue weighted by molar-refractivity contribution is 5.94. The molecule has 0 saturated heterocycles. The fraction of sp³-hybridized carbons (Fsp3) is 0.440. The Morgan fingerprint density at radius 1 is 1.10 bits per heavy atom. The lowest BCUT2D eigenvalue weighted by Crippen LogP contribution is -2.48. The van der Waals surface area contributed by atoms with E-state index in [1.807, 2.05) is 30.3 Å². The van der Waals surface area contributed by atoms with Crippen molar-refractivity contribution >= 4 is 5.91 Å². The van der Waals surface area contributed by atoms with Gasteiger partial charge in [-0.1, -0.05) is 37.7 Å². The van der Waals surface area contributed by atoms with E-state index in [9.17, 15) is 4.79 Å². The normalized spacial score (nSPS) is 18.3. The van der Waals surface area contributed by atoms with Crippen LogP contribution in [0, 0.1) is 11.8 Å². The van der Waals surface area contributed by atoms with Gasteiger partial charge in [-0.3, -0.25) is 4.79 Å². The van der Waals surface area contributed by atoms with Crippen LogP contribution in [0.15, 0.2) is 42.6 Å². The molecule has 2 fully saturated rings. The van der Waals surface area contributed by atoms with E-state index in [0.29, 0.717) is 11.6 Å². The molecule has 0 aliphatic heterocycles. The summed E-state index contributed by atoms with van der Waals surface area (Å²) in [4.78, 5) is 16.4. The van der Waals surface area contributed by atoms with Crippen molar-refractivity contribution in [2.45, 2.75) is 69.4 Å². The van der Waals surface area contributed by atoms with E-state index in [1.165, 1.54) is 38.5 Å². The molecule has 2 aliphatic carbocycles. The Balaban J connectivity index is 1.64. The number of benzene rings is 1. The van der Waals surface area contributed by atoms with E-state index in [0.717, 1.165) is 36.1 Å². The summed E-state index contributed by atoms with van der Waals surface area (Å²) >= 11 is 0. The lowest BCUT2D eigenvalue weighted by molar-refractivity contribution is 0.0999. The number of aromatic nitrogens is 1. The van der Waals surface area contributed by atoms with Crippen LogP contribution >= 0.6 is 0 Å². The third-order valence-corrected chi connectivity index (χ3v) is 6.05. The summed E-state index contributed by atoms with van der Waals surface area (Å²) in [7, 11) is 0. The summed E-state index contributed by atoms with van der Waals surface area (Å²) in [6, 6.07) is 12.1. The molecule has 2 aliphatic rings. The molecule has 4 nitrogen and oxygen atoms in total. The zero-order chi connectivity index (χ0) is 20.1. The van der Waals surface area contributed by atoms with Crippen LogP contribution in [-0.4, -0.2) is 22.5 Å². The Morgan fingerprint density at radius 3 is 2.55 bits per heavy atom. The first-order valence-electron chi connectivity index (χ1n) is 10.8. The number of nitrogens with zero attached hydrogens (tertiary/aromatic N) is 1. The molecule has 0 bridgehead atoms. The van der Waals surface area contributed by atoms with Gasteiger partial charge in [-0.05, 0) is 73.9 Å². The average molecular weight is 388 g/mol. The molecular weight excluding hydrogens is 358 g/mol. The molecule has 0 spiro atoms. The number of amides is 1. The van der Waals surface area contributed by atoms with Crippen LogP contribution in [0.4, 0.5) is 0 Å². The second kappa shape index (κ2) is 8.80. The minimum Gasteiger partial charge on any atom is -0.366 e. The van der Waals surface area contributed by atoms with Crippen molar-refractivity contribution in [3.8, 4) is 11.8 Å². The van der Waals surface area contributed by atoms with Crippen molar-refractivity contribution in [2.75, 3.05) is 0 Å². The largest absolute Gasteiger partial charge is 0.366 e. The summed E-state index contributed by atoms with van der Waals surface area (Å²) in [5, 5.41) is 3.94. The van der Waals surface area contributed by atoms with E-state index in [2.05, 4.69) is 28.2 Å². The maximum atomic E-state index is 12.1. The quantitative estimate of drug-likeness (QED) is 0.603. The van der Waals surface area contributed by atoms with Gasteiger partial charge in [-0.15, -0.1) is 0 Å². The number of pyridine rings is 1. The molecule has 2 saturated carbocycles. The average Bonchev–Trinajstić information content (AvgIpc) is 3.55. The zero-order valence-corrected chi connectivity index (χ0v) is 16.9. The molecule has 150 valence electrons. The molecule has 1 aromatic carbocycles. The van der Waals surface area contributed by atoms with Crippen molar-refractivity contribution in [3.05, 3.63) is 65.0 Å². The minimum atomic E-state index is -0.362. The Bertz CT molecular complexity index is 914. The Morgan fingerprint density at radius 2 is 1.90 bits per heavy atom. The number of rotatable bonds is 5. The topological polar surface area (TPSA) is 68.0 Å². The van der Waals surface area contributed by atoms with E-state index in [1.54, 1.807) is 6.20 Å². The van der Waals surface area contributed by atoms with Gasteiger partial charge in [0.2, 0.25) is 5.91 Å². The number of nitrogens with one attached hydrogen (secondary N) is 1. The van der Waals surface area contributed by atoms with Crippen LogP contribution in [0.5, 0.6) is 0 Å². The molecule has 4 heteroatoms. The molecule has 0 unspecified atom stereocenters. The van der Waals surface area contributed by atoms with Crippen molar-refractivity contribution in [1.29, 1.82) is 0 Å². The summed E-state index contributed by atoms with van der Waals surface area (Å²) in [6.07, 6.45) is 12.5. The SMILES string of the molecule is NC(=O)c1ccc(C#Cc2ccccn2)cc1CC1(NC2CC2)CCCCCC1. The molecule has 1 amide bonds. The third-order valence-electron chi connectivity index (χ3n) is 6.05. The molecule has 29 heavy (non-hydrogen) atoms. The lowest BCUT2D eigenvalue weighted by Gasteiger charge is -2.35. The second-order valence-electron chi connectivity index (χ2n) is 8.49. The molecular formula is C25H29N3O. The number of nitrogens with two attached hydrogens (primary N) is 1. The first-order chi connectivity index (χ1) is 14.1. The van der Waals surface area contributed by atoms with Gasteiger partial charge in [0.05, 0.1) is 0 Å². The minimum absolute atomic E-state index is 0.0644. The highest BCUT2D eigenvalue weighted by Crippen LogP contribution is 2.35. The molecule has 0 radical (unpaired) electrons. The van der Waals surface area contributed by atoms with Gasteiger partial charge in [0.25, 0.3) is 0 Å². The third kappa shape index (κ3) is 5.25. The van der Waals surface area contributed by atoms with E-state index < -0.39 is 0 Å². The molecule has 3 N–H and O–H groups in total. The van der Waals surface area contributed by atoms with Crippen LogP contribution in [0.2, 0.25) is 0 Å². The maximum absolute atomic E-state index is 12.1. The Labute approximate surface area is 173 Å². The number of carbonyl (C=O) groups is 1. The van der Waals surface area contributed by atoms with Crippen molar-refractivity contribution in [3.63, 3.8) is 0 Å². The van der Waals surface area contributed by atoms with Gasteiger partial charge >= 0.3 is 0 Å². The van der Waals surface area contributed by atoms with Gasteiger partial charge in [0.1, 0.15) is 5.69 Å². The molecule has 2 aromatic rings. The van der Waals surface area contributed by atoms with Crippen molar-refractivity contribution < 1.29 is 4.79 Å². The highest BCUT2D eigenvalue weighted by Gasteiger charge is 2.37. The lowest BCUT2D eigenvalue weighted by atomic mass is 9.81. The van der Waals surface area contributed by atoms with Gasteiger partial charge in [0.15, 0.2) is 0 Å². The van der Waals surface area contributed by atoms with Crippen molar-refractivity contribution in [1.82, 2.24) is 10.3 Å². The summed E-state index contributed by atoms with van der Waals surface area (Å²) in [5.74, 6) is 5.95. The number of hydrogen-bond donors (Lipinski definition) is 2. The van der Waals surface area contributed by atoms with E-state index in [-0.39, 0.29) is 11.4 Å².